The number of carbonyl (C=O) groups excluding carboxylic acids is 2. The zero-order chi connectivity index (χ0) is 28.1. The molecule has 0 aliphatic carbocycles. The fourth-order valence-electron chi connectivity index (χ4n) is 3.09. The molecule has 2 atom stereocenters. The molecule has 0 aliphatic rings. The third kappa shape index (κ3) is 9.08. The normalized spacial score (nSPS) is 13.9. The first-order valence-electron chi connectivity index (χ1n) is 10.4. The molecule has 2 aromatic rings. The van der Waals surface area contributed by atoms with Gasteiger partial charge in [0.15, 0.2) is 0 Å². The van der Waals surface area contributed by atoms with Gasteiger partial charge in [0.2, 0.25) is 5.91 Å². The fourth-order valence-corrected chi connectivity index (χ4v) is 4.28. The molecule has 2 amide bonds. The van der Waals surface area contributed by atoms with Crippen LogP contribution in [0.3, 0.4) is 0 Å². The molecule has 2 aromatic carbocycles. The third-order valence-corrected chi connectivity index (χ3v) is 6.78. The van der Waals surface area contributed by atoms with E-state index in [1.165, 1.54) is 31.2 Å². The summed E-state index contributed by atoms with van der Waals surface area (Å²) >= 11 is 20.7. The van der Waals surface area contributed by atoms with Gasteiger partial charge < -0.3 is 10.6 Å². The van der Waals surface area contributed by atoms with Gasteiger partial charge in [0.05, 0.1) is 26.5 Å². The lowest BCUT2D eigenvalue weighted by atomic mass is 9.97. The van der Waals surface area contributed by atoms with E-state index in [2.05, 4.69) is 21.2 Å². The highest BCUT2D eigenvalue weighted by molar-refractivity contribution is 9.10. The summed E-state index contributed by atoms with van der Waals surface area (Å²) in [5.74, 6) is -3.85. The van der Waals surface area contributed by atoms with E-state index in [1.54, 1.807) is 5.32 Å². The number of halogens is 10. The number of nitrogens with one attached hydrogen (secondary N) is 2. The highest BCUT2D eigenvalue weighted by Crippen LogP contribution is 2.41. The lowest BCUT2D eigenvalue weighted by Crippen LogP contribution is -2.48. The molecule has 14 heteroatoms. The van der Waals surface area contributed by atoms with Crippen molar-refractivity contribution in [2.75, 3.05) is 6.54 Å². The molecule has 2 N–H and O–H groups in total. The quantitative estimate of drug-likeness (QED) is 0.224. The van der Waals surface area contributed by atoms with Crippen LogP contribution in [0.4, 0.5) is 26.3 Å². The van der Waals surface area contributed by atoms with Crippen molar-refractivity contribution in [2.24, 2.45) is 0 Å². The first-order valence-corrected chi connectivity index (χ1v) is 12.3. The Morgan fingerprint density at radius 1 is 1.03 bits per heavy atom. The average Bonchev–Trinajstić information content (AvgIpc) is 2.78. The minimum Gasteiger partial charge on any atom is -0.345 e. The van der Waals surface area contributed by atoms with Crippen LogP contribution in [0.15, 0.2) is 40.9 Å². The summed E-state index contributed by atoms with van der Waals surface area (Å²) in [4.78, 5) is 24.6. The van der Waals surface area contributed by atoms with Gasteiger partial charge in [-0.3, -0.25) is 9.59 Å². The van der Waals surface area contributed by atoms with Crippen LogP contribution < -0.4 is 10.6 Å². The molecular weight excluding hydrogens is 637 g/mol. The number of hydrogen-bond donors (Lipinski definition) is 2. The number of amides is 2. The molecule has 0 fully saturated rings. The van der Waals surface area contributed by atoms with Crippen molar-refractivity contribution < 1.29 is 35.9 Å². The average molecular weight is 655 g/mol. The molecule has 202 valence electrons. The van der Waals surface area contributed by atoms with Crippen LogP contribution in [0, 0.1) is 0 Å². The Kier molecular flexibility index (Phi) is 10.8. The van der Waals surface area contributed by atoms with Crippen LogP contribution in [0.2, 0.25) is 15.1 Å². The smallest absolute Gasteiger partial charge is 0.345 e. The van der Waals surface area contributed by atoms with Gasteiger partial charge in [-0.25, -0.2) is 0 Å². The summed E-state index contributed by atoms with van der Waals surface area (Å²) < 4.78 is 78.4. The summed E-state index contributed by atoms with van der Waals surface area (Å²) in [5, 5.41) is 3.69. The van der Waals surface area contributed by atoms with Gasteiger partial charge in [0.1, 0.15) is 12.6 Å². The zero-order valence-electron chi connectivity index (χ0n) is 18.7. The summed E-state index contributed by atoms with van der Waals surface area (Å²) in [5.41, 5.74) is 0.0780. The Bertz CT molecular complexity index is 1170. The fraction of sp³-hybridized carbons (Fsp3) is 0.304. The van der Waals surface area contributed by atoms with Crippen molar-refractivity contribution in [1.29, 1.82) is 0 Å². The van der Waals surface area contributed by atoms with E-state index in [4.69, 9.17) is 34.8 Å². The van der Waals surface area contributed by atoms with Gasteiger partial charge >= 0.3 is 12.4 Å². The molecule has 0 radical (unpaired) electrons. The molecule has 2 rings (SSSR count). The largest absolute Gasteiger partial charge is 0.405 e. The van der Waals surface area contributed by atoms with Crippen molar-refractivity contribution in [1.82, 2.24) is 10.6 Å². The van der Waals surface area contributed by atoms with Gasteiger partial charge in [0, 0.05) is 4.47 Å². The summed E-state index contributed by atoms with van der Waals surface area (Å²) in [6.07, 6.45) is -7.21. The number of allylic oxidation sites excluding steroid dienone is 1. The van der Waals surface area contributed by atoms with E-state index in [1.807, 2.05) is 0 Å². The van der Waals surface area contributed by atoms with Crippen molar-refractivity contribution in [3.8, 4) is 0 Å². The predicted octanol–water partition coefficient (Wildman–Crippen LogP) is 7.96. The lowest BCUT2D eigenvalue weighted by Gasteiger charge is -2.19. The Hall–Kier alpha value is -1.95. The maximum absolute atomic E-state index is 13.7. The minimum absolute atomic E-state index is 0.0165. The van der Waals surface area contributed by atoms with Gasteiger partial charge in [-0.05, 0) is 57.7 Å². The number of hydrogen-bond acceptors (Lipinski definition) is 2. The summed E-state index contributed by atoms with van der Waals surface area (Å²) in [6.45, 7) is -0.0462. The molecule has 0 saturated carbocycles. The topological polar surface area (TPSA) is 58.2 Å². The van der Waals surface area contributed by atoms with E-state index >= 15 is 0 Å². The van der Waals surface area contributed by atoms with Gasteiger partial charge in [-0.2, -0.15) is 26.3 Å². The molecule has 0 spiro atoms. The first-order chi connectivity index (χ1) is 17.0. The Balaban J connectivity index is 2.22. The Morgan fingerprint density at radius 2 is 1.62 bits per heavy atom. The number of carbonyl (C=O) groups is 2. The highest BCUT2D eigenvalue weighted by Gasteiger charge is 2.39. The minimum atomic E-state index is -4.68. The number of rotatable bonds is 8. The molecule has 0 aromatic heterocycles. The van der Waals surface area contributed by atoms with E-state index in [0.29, 0.717) is 5.56 Å². The number of alkyl halides is 6. The molecular formula is C23H18BrCl3F6N2O2. The summed E-state index contributed by atoms with van der Waals surface area (Å²) in [6, 6.07) is 4.92. The van der Waals surface area contributed by atoms with Gasteiger partial charge in [-0.1, -0.05) is 59.9 Å². The third-order valence-electron chi connectivity index (χ3n) is 4.93. The summed E-state index contributed by atoms with van der Waals surface area (Å²) in [7, 11) is 0. The first kappa shape index (κ1) is 31.3. The van der Waals surface area contributed by atoms with E-state index in [0.717, 1.165) is 18.2 Å². The van der Waals surface area contributed by atoms with Crippen molar-refractivity contribution >= 4 is 68.6 Å². The molecule has 0 heterocycles. The van der Waals surface area contributed by atoms with Gasteiger partial charge in [0.25, 0.3) is 5.91 Å². The van der Waals surface area contributed by atoms with Crippen molar-refractivity contribution in [3.63, 3.8) is 0 Å². The van der Waals surface area contributed by atoms with Crippen LogP contribution in [-0.4, -0.2) is 36.8 Å². The van der Waals surface area contributed by atoms with Crippen LogP contribution in [0.25, 0.3) is 6.08 Å². The van der Waals surface area contributed by atoms with Crippen LogP contribution >= 0.6 is 50.7 Å². The SMILES string of the molecule is CC[C@H](NC(=O)c1ccc(/C=C/C(c2cc(Cl)c(Cl)c(Cl)c2)C(F)(F)F)cc1Br)C(=O)NCC(F)(F)F. The monoisotopic (exact) mass is 652 g/mol. The highest BCUT2D eigenvalue weighted by atomic mass is 79.9. The number of benzene rings is 2. The van der Waals surface area contributed by atoms with E-state index in [-0.39, 0.29) is 37.1 Å². The Morgan fingerprint density at radius 3 is 2.11 bits per heavy atom. The molecule has 0 bridgehead atoms. The zero-order valence-corrected chi connectivity index (χ0v) is 22.6. The second-order valence-electron chi connectivity index (χ2n) is 7.68. The van der Waals surface area contributed by atoms with Gasteiger partial charge in [-0.15, -0.1) is 0 Å². The standard InChI is InChI=1S/C23H18BrCl3F6N2O2/c1-2-18(21(37)34-10-22(28,29)30)35-20(36)13-5-3-11(7-15(13)24)4-6-14(23(31,32)33)12-8-16(25)19(27)17(26)9-12/h3-9,14,18H,2,10H2,1H3,(H,34,37)(H,35,36)/b6-4+/t14?,18-/m0/s1. The van der Waals surface area contributed by atoms with Crippen LogP contribution in [0.1, 0.15) is 40.7 Å². The molecule has 37 heavy (non-hydrogen) atoms. The van der Waals surface area contributed by atoms with E-state index in [9.17, 15) is 35.9 Å². The molecule has 1 unspecified atom stereocenters. The predicted molar refractivity (Wildman–Crippen MR) is 134 cm³/mol. The van der Waals surface area contributed by atoms with E-state index < -0.39 is 42.7 Å². The molecule has 0 aliphatic heterocycles. The Labute approximate surface area is 231 Å². The van der Waals surface area contributed by atoms with Crippen molar-refractivity contribution in [3.05, 3.63) is 72.6 Å². The van der Waals surface area contributed by atoms with Crippen LogP contribution in [-0.2, 0) is 4.79 Å². The van der Waals surface area contributed by atoms with Crippen molar-refractivity contribution in [2.45, 2.75) is 37.7 Å². The maximum atomic E-state index is 13.7. The molecule has 0 saturated heterocycles. The lowest BCUT2D eigenvalue weighted by molar-refractivity contribution is -0.139. The van der Waals surface area contributed by atoms with Crippen LogP contribution in [0.5, 0.6) is 0 Å². The second kappa shape index (κ2) is 12.7. The second-order valence-corrected chi connectivity index (χ2v) is 9.73. The molecule has 4 nitrogen and oxygen atoms in total. The maximum Gasteiger partial charge on any atom is 0.405 e.